The lowest BCUT2D eigenvalue weighted by Crippen LogP contribution is -2.18. The first-order valence-corrected chi connectivity index (χ1v) is 6.16. The van der Waals surface area contributed by atoms with Gasteiger partial charge in [-0.15, -0.1) is 0 Å². The maximum atomic E-state index is 12.6. The van der Waals surface area contributed by atoms with Gasteiger partial charge in [-0.25, -0.2) is 4.79 Å². The Morgan fingerprint density at radius 2 is 2.05 bits per heavy atom. The van der Waals surface area contributed by atoms with E-state index in [1.54, 1.807) is 0 Å². The Hall–Kier alpha value is -2.35. The number of nitrogens with zero attached hydrogens (tertiary/aromatic N) is 1. The van der Waals surface area contributed by atoms with E-state index in [1.807, 2.05) is 0 Å². The third-order valence-electron chi connectivity index (χ3n) is 2.75. The molecule has 0 radical (unpaired) electrons. The second-order valence-corrected chi connectivity index (χ2v) is 4.58. The van der Waals surface area contributed by atoms with E-state index in [0.717, 1.165) is 13.2 Å². The van der Waals surface area contributed by atoms with Crippen molar-refractivity contribution in [2.75, 3.05) is 7.11 Å². The second kappa shape index (κ2) is 5.80. The molecular weight excluding hydrogens is 325 g/mol. The molecule has 0 aromatic carbocycles. The zero-order valence-electron chi connectivity index (χ0n) is 11.0. The number of pyridine rings is 2. The molecule has 0 spiro atoms. The summed E-state index contributed by atoms with van der Waals surface area (Å²) < 4.78 is 42.1. The lowest BCUT2D eigenvalue weighted by Gasteiger charge is -2.09. The lowest BCUT2D eigenvalue weighted by atomic mass is 10.1. The second-order valence-electron chi connectivity index (χ2n) is 4.17. The summed E-state index contributed by atoms with van der Waals surface area (Å²) in [6.07, 6.45) is -2.77. The predicted octanol–water partition coefficient (Wildman–Crippen LogP) is 2.90. The minimum absolute atomic E-state index is 0.00364. The van der Waals surface area contributed by atoms with Gasteiger partial charge in [0, 0.05) is 18.0 Å². The minimum Gasteiger partial charge on any atom is -0.465 e. The lowest BCUT2D eigenvalue weighted by molar-refractivity contribution is -0.137. The van der Waals surface area contributed by atoms with Crippen molar-refractivity contribution in [3.05, 3.63) is 51.0 Å². The molecule has 116 valence electrons. The molecule has 0 atom stereocenters. The molecule has 22 heavy (non-hydrogen) atoms. The highest BCUT2D eigenvalue weighted by molar-refractivity contribution is 6.33. The van der Waals surface area contributed by atoms with Crippen LogP contribution >= 0.6 is 11.6 Å². The van der Waals surface area contributed by atoms with Gasteiger partial charge in [0.25, 0.3) is 5.56 Å². The molecule has 2 heterocycles. The number of ether oxygens (including phenoxy) is 1. The number of nitrogens with one attached hydrogen (secondary N) is 1. The van der Waals surface area contributed by atoms with Gasteiger partial charge in [-0.05, 0) is 12.1 Å². The van der Waals surface area contributed by atoms with Crippen molar-refractivity contribution in [2.24, 2.45) is 0 Å². The number of H-pyrrole nitrogens is 1. The highest BCUT2D eigenvalue weighted by Crippen LogP contribution is 2.33. The SMILES string of the molecule is COC(=O)c1cc(-c2ncc(C(F)(F)F)cc2Cl)c[nH]c1=O. The van der Waals surface area contributed by atoms with E-state index in [1.165, 1.54) is 6.20 Å². The first kappa shape index (κ1) is 16.0. The highest BCUT2D eigenvalue weighted by atomic mass is 35.5. The number of hydrogen-bond acceptors (Lipinski definition) is 4. The molecule has 0 aliphatic heterocycles. The van der Waals surface area contributed by atoms with Crippen LogP contribution in [0.25, 0.3) is 11.3 Å². The molecule has 2 aromatic heterocycles. The Morgan fingerprint density at radius 3 is 2.59 bits per heavy atom. The van der Waals surface area contributed by atoms with Crippen LogP contribution in [-0.2, 0) is 10.9 Å². The van der Waals surface area contributed by atoms with E-state index < -0.39 is 23.3 Å². The molecule has 0 amide bonds. The van der Waals surface area contributed by atoms with Crippen molar-refractivity contribution < 1.29 is 22.7 Å². The molecule has 2 aromatic rings. The molecule has 0 saturated heterocycles. The molecule has 9 heteroatoms. The summed E-state index contributed by atoms with van der Waals surface area (Å²) in [5.74, 6) is -0.883. The van der Waals surface area contributed by atoms with Crippen molar-refractivity contribution in [3.8, 4) is 11.3 Å². The van der Waals surface area contributed by atoms with E-state index in [9.17, 15) is 22.8 Å². The minimum atomic E-state index is -4.57. The molecule has 0 unspecified atom stereocenters. The molecule has 2 rings (SSSR count). The summed E-state index contributed by atoms with van der Waals surface area (Å²) in [5.41, 5.74) is -1.83. The zero-order chi connectivity index (χ0) is 16.5. The van der Waals surface area contributed by atoms with Crippen molar-refractivity contribution in [3.63, 3.8) is 0 Å². The number of methoxy groups -OCH3 is 1. The van der Waals surface area contributed by atoms with Crippen LogP contribution < -0.4 is 5.56 Å². The topological polar surface area (TPSA) is 72.0 Å². The number of aromatic amines is 1. The van der Waals surface area contributed by atoms with Gasteiger partial charge in [-0.3, -0.25) is 9.78 Å². The fourth-order valence-corrected chi connectivity index (χ4v) is 1.96. The van der Waals surface area contributed by atoms with Gasteiger partial charge in [-0.1, -0.05) is 11.6 Å². The van der Waals surface area contributed by atoms with E-state index in [2.05, 4.69) is 14.7 Å². The average Bonchev–Trinajstić information content (AvgIpc) is 2.46. The number of carbonyl (C=O) groups excluding carboxylic acids is 1. The summed E-state index contributed by atoms with van der Waals surface area (Å²) in [6.45, 7) is 0. The van der Waals surface area contributed by atoms with Gasteiger partial charge in [0.1, 0.15) is 5.56 Å². The summed E-state index contributed by atoms with van der Waals surface area (Å²) in [5, 5.41) is -0.266. The summed E-state index contributed by atoms with van der Waals surface area (Å²) >= 11 is 5.80. The Bertz CT molecular complexity index is 787. The van der Waals surface area contributed by atoms with Crippen LogP contribution in [0.2, 0.25) is 5.02 Å². The van der Waals surface area contributed by atoms with Gasteiger partial charge < -0.3 is 9.72 Å². The standard InChI is InChI=1S/C13H8ClF3N2O3/c1-22-12(21)8-2-6(4-19-11(8)20)10-9(14)3-7(5-18-10)13(15,16)17/h2-5H,1H3,(H,19,20). The van der Waals surface area contributed by atoms with Gasteiger partial charge in [0.15, 0.2) is 0 Å². The fourth-order valence-electron chi connectivity index (χ4n) is 1.69. The highest BCUT2D eigenvalue weighted by Gasteiger charge is 2.31. The number of rotatable bonds is 2. The number of alkyl halides is 3. The monoisotopic (exact) mass is 332 g/mol. The molecule has 0 fully saturated rings. The Kier molecular flexibility index (Phi) is 4.23. The Balaban J connectivity index is 2.53. The van der Waals surface area contributed by atoms with Crippen molar-refractivity contribution in [1.29, 1.82) is 0 Å². The Labute approximate surface area is 126 Å². The zero-order valence-corrected chi connectivity index (χ0v) is 11.7. The van der Waals surface area contributed by atoms with Gasteiger partial charge in [0.2, 0.25) is 0 Å². The maximum absolute atomic E-state index is 12.6. The molecule has 5 nitrogen and oxygen atoms in total. The third kappa shape index (κ3) is 3.11. The van der Waals surface area contributed by atoms with Gasteiger partial charge in [-0.2, -0.15) is 13.2 Å². The third-order valence-corrected chi connectivity index (χ3v) is 3.04. The van der Waals surface area contributed by atoms with Crippen LogP contribution in [0.15, 0.2) is 29.3 Å². The van der Waals surface area contributed by atoms with E-state index in [0.29, 0.717) is 12.3 Å². The van der Waals surface area contributed by atoms with Crippen LogP contribution in [-0.4, -0.2) is 23.0 Å². The molecule has 0 bridgehead atoms. The fraction of sp³-hybridized carbons (Fsp3) is 0.154. The van der Waals surface area contributed by atoms with Crippen molar-refractivity contribution in [1.82, 2.24) is 9.97 Å². The van der Waals surface area contributed by atoms with Crippen molar-refractivity contribution >= 4 is 17.6 Å². The van der Waals surface area contributed by atoms with E-state index >= 15 is 0 Å². The molecule has 1 N–H and O–H groups in total. The number of carbonyl (C=O) groups is 1. The van der Waals surface area contributed by atoms with Crippen LogP contribution in [0, 0.1) is 0 Å². The molecular formula is C13H8ClF3N2O3. The number of hydrogen-bond donors (Lipinski definition) is 1. The number of aromatic nitrogens is 2. The first-order valence-electron chi connectivity index (χ1n) is 5.78. The maximum Gasteiger partial charge on any atom is 0.417 e. The van der Waals surface area contributed by atoms with Crippen LogP contribution in [0.1, 0.15) is 15.9 Å². The number of halogens is 4. The van der Waals surface area contributed by atoms with E-state index in [4.69, 9.17) is 11.6 Å². The predicted molar refractivity (Wildman–Crippen MR) is 71.6 cm³/mol. The molecule has 0 saturated carbocycles. The summed E-state index contributed by atoms with van der Waals surface area (Å²) in [6, 6.07) is 1.86. The quantitative estimate of drug-likeness (QED) is 0.858. The summed E-state index contributed by atoms with van der Waals surface area (Å²) in [7, 11) is 1.10. The van der Waals surface area contributed by atoms with Gasteiger partial charge in [0.05, 0.1) is 23.4 Å². The smallest absolute Gasteiger partial charge is 0.417 e. The largest absolute Gasteiger partial charge is 0.465 e. The van der Waals surface area contributed by atoms with Crippen LogP contribution in [0.4, 0.5) is 13.2 Å². The van der Waals surface area contributed by atoms with E-state index in [-0.39, 0.29) is 21.8 Å². The van der Waals surface area contributed by atoms with Crippen LogP contribution in [0.3, 0.4) is 0 Å². The molecule has 0 aliphatic carbocycles. The summed E-state index contributed by atoms with van der Waals surface area (Å²) in [4.78, 5) is 28.9. The van der Waals surface area contributed by atoms with Crippen molar-refractivity contribution in [2.45, 2.75) is 6.18 Å². The molecule has 0 aliphatic rings. The van der Waals surface area contributed by atoms with Gasteiger partial charge >= 0.3 is 12.1 Å². The normalized spacial score (nSPS) is 11.3. The average molecular weight is 333 g/mol. The van der Waals surface area contributed by atoms with Crippen LogP contribution in [0.5, 0.6) is 0 Å². The first-order chi connectivity index (χ1) is 10.2. The number of esters is 1. The Morgan fingerprint density at radius 1 is 1.36 bits per heavy atom.